The molecule has 2 N–H and O–H groups in total. The van der Waals surface area contributed by atoms with Crippen LogP contribution in [0.4, 0.5) is 0 Å². The van der Waals surface area contributed by atoms with Gasteiger partial charge in [-0.1, -0.05) is 36.4 Å². The molecule has 0 aromatic heterocycles. The van der Waals surface area contributed by atoms with Gasteiger partial charge < -0.3 is 19.7 Å². The predicted octanol–water partition coefficient (Wildman–Crippen LogP) is 6.33. The van der Waals surface area contributed by atoms with Crippen molar-refractivity contribution in [2.45, 2.75) is 0 Å². The zero-order chi connectivity index (χ0) is 22.5. The molecule has 0 atom stereocenters. The first kappa shape index (κ1) is 20.7. The minimum atomic E-state index is -1.01. The molecule has 4 aromatic rings. The third-order valence-corrected chi connectivity index (χ3v) is 4.68. The number of rotatable bonds is 7. The molecule has 4 aromatic carbocycles. The summed E-state index contributed by atoms with van der Waals surface area (Å²) in [5.74, 6) is 0.0713. The van der Waals surface area contributed by atoms with E-state index >= 15 is 0 Å². The maximum atomic E-state index is 11.1. The molecule has 0 saturated carbocycles. The topological polar surface area (TPSA) is 93.1 Å². The van der Waals surface area contributed by atoms with Crippen molar-refractivity contribution in [1.82, 2.24) is 0 Å². The average molecular weight is 426 g/mol. The van der Waals surface area contributed by atoms with E-state index in [-0.39, 0.29) is 11.1 Å². The summed E-state index contributed by atoms with van der Waals surface area (Å²) in [6, 6.07) is 27.5. The van der Waals surface area contributed by atoms with Crippen molar-refractivity contribution in [1.29, 1.82) is 0 Å². The monoisotopic (exact) mass is 426 g/mol. The van der Waals surface area contributed by atoms with Crippen LogP contribution >= 0.6 is 0 Å². The summed E-state index contributed by atoms with van der Waals surface area (Å²) in [6.07, 6.45) is 0. The molecule has 0 spiro atoms. The van der Waals surface area contributed by atoms with Crippen LogP contribution in [0.15, 0.2) is 97.1 Å². The van der Waals surface area contributed by atoms with Crippen molar-refractivity contribution in [2.24, 2.45) is 0 Å². The van der Waals surface area contributed by atoms with Crippen molar-refractivity contribution in [3.05, 3.63) is 108 Å². The fourth-order valence-corrected chi connectivity index (χ4v) is 3.09. The van der Waals surface area contributed by atoms with Gasteiger partial charge >= 0.3 is 11.9 Å². The lowest BCUT2D eigenvalue weighted by atomic mass is 10.1. The Kier molecular flexibility index (Phi) is 5.85. The van der Waals surface area contributed by atoms with Crippen molar-refractivity contribution in [3.63, 3.8) is 0 Å². The number of benzene rings is 4. The van der Waals surface area contributed by atoms with Crippen LogP contribution in [-0.4, -0.2) is 22.2 Å². The van der Waals surface area contributed by atoms with E-state index in [1.165, 1.54) is 24.3 Å². The van der Waals surface area contributed by atoms with E-state index in [0.29, 0.717) is 23.0 Å². The van der Waals surface area contributed by atoms with Gasteiger partial charge in [-0.3, -0.25) is 0 Å². The molecule has 0 radical (unpaired) electrons. The van der Waals surface area contributed by atoms with Crippen LogP contribution in [-0.2, 0) is 0 Å². The second kappa shape index (κ2) is 9.06. The summed E-state index contributed by atoms with van der Waals surface area (Å²) in [6.45, 7) is 0. The quantitative estimate of drug-likeness (QED) is 0.358. The van der Waals surface area contributed by atoms with Gasteiger partial charge in [0, 0.05) is 0 Å². The van der Waals surface area contributed by atoms with E-state index < -0.39 is 11.9 Å². The predicted molar refractivity (Wildman–Crippen MR) is 119 cm³/mol. The normalized spacial score (nSPS) is 10.4. The second-order valence-corrected chi connectivity index (χ2v) is 6.92. The molecular formula is C26H18O6. The number of carboxylic acids is 2. The van der Waals surface area contributed by atoms with E-state index in [0.717, 1.165) is 11.1 Å². The largest absolute Gasteiger partial charge is 0.478 e. The average Bonchev–Trinajstić information content (AvgIpc) is 2.80. The lowest BCUT2D eigenvalue weighted by molar-refractivity contribution is 0.0686. The number of ether oxygens (including phenoxy) is 2. The Bertz CT molecular complexity index is 1160. The molecule has 6 heteroatoms. The molecule has 0 fully saturated rings. The first-order chi connectivity index (χ1) is 15.5. The highest BCUT2D eigenvalue weighted by Gasteiger charge is 2.07. The first-order valence-corrected chi connectivity index (χ1v) is 9.71. The first-order valence-electron chi connectivity index (χ1n) is 9.71. The zero-order valence-corrected chi connectivity index (χ0v) is 16.8. The number of hydrogen-bond acceptors (Lipinski definition) is 4. The molecule has 32 heavy (non-hydrogen) atoms. The third-order valence-electron chi connectivity index (χ3n) is 4.68. The summed E-state index contributed by atoms with van der Waals surface area (Å²) in [5.41, 5.74) is 2.26. The molecule has 0 aliphatic heterocycles. The molecular weight excluding hydrogens is 408 g/mol. The zero-order valence-electron chi connectivity index (χ0n) is 16.8. The molecule has 0 aliphatic rings. The Morgan fingerprint density at radius 2 is 0.875 bits per heavy atom. The van der Waals surface area contributed by atoms with E-state index in [2.05, 4.69) is 0 Å². The van der Waals surface area contributed by atoms with Crippen molar-refractivity contribution < 1.29 is 29.3 Å². The van der Waals surface area contributed by atoms with Gasteiger partial charge in [0.15, 0.2) is 0 Å². The smallest absolute Gasteiger partial charge is 0.335 e. The van der Waals surface area contributed by atoms with E-state index in [9.17, 15) is 9.59 Å². The molecule has 0 amide bonds. The van der Waals surface area contributed by atoms with Crippen LogP contribution in [0.1, 0.15) is 20.7 Å². The molecule has 0 aliphatic carbocycles. The number of carbonyl (C=O) groups is 2. The van der Waals surface area contributed by atoms with Gasteiger partial charge in [0.05, 0.1) is 11.1 Å². The fraction of sp³-hybridized carbons (Fsp3) is 0. The molecule has 0 heterocycles. The summed E-state index contributed by atoms with van der Waals surface area (Å²) in [7, 11) is 0. The number of hydrogen-bond donors (Lipinski definition) is 2. The maximum absolute atomic E-state index is 11.1. The van der Waals surface area contributed by atoms with Crippen LogP contribution in [0.2, 0.25) is 0 Å². The van der Waals surface area contributed by atoms with E-state index in [4.69, 9.17) is 19.7 Å². The van der Waals surface area contributed by atoms with Crippen molar-refractivity contribution in [2.75, 3.05) is 0 Å². The van der Waals surface area contributed by atoms with Gasteiger partial charge in [0.25, 0.3) is 0 Å². The van der Waals surface area contributed by atoms with Gasteiger partial charge in [-0.05, 0) is 71.8 Å². The summed E-state index contributed by atoms with van der Waals surface area (Å²) in [4.78, 5) is 22.2. The highest BCUT2D eigenvalue weighted by atomic mass is 16.5. The lowest BCUT2D eigenvalue weighted by Gasteiger charge is -2.09. The number of carboxylic acid groups (broad SMARTS) is 2. The molecule has 0 unspecified atom stereocenters. The Balaban J connectivity index is 1.44. The van der Waals surface area contributed by atoms with Gasteiger partial charge in [0.1, 0.15) is 23.0 Å². The van der Waals surface area contributed by atoms with Crippen LogP contribution in [0.25, 0.3) is 11.1 Å². The Morgan fingerprint density at radius 1 is 0.500 bits per heavy atom. The SMILES string of the molecule is O=C(O)c1cccc(Oc2ccc(-c3ccc(Oc4cccc(C(=O)O)c4)cc3)cc2)c1. The summed E-state index contributed by atoms with van der Waals surface area (Å²) < 4.78 is 11.5. The molecule has 4 rings (SSSR count). The van der Waals surface area contributed by atoms with Gasteiger partial charge in [0.2, 0.25) is 0 Å². The number of aromatic carboxylic acids is 2. The van der Waals surface area contributed by atoms with Crippen LogP contribution in [0.3, 0.4) is 0 Å². The molecule has 158 valence electrons. The maximum Gasteiger partial charge on any atom is 0.335 e. The van der Waals surface area contributed by atoms with E-state index in [1.54, 1.807) is 24.3 Å². The van der Waals surface area contributed by atoms with E-state index in [1.807, 2.05) is 48.5 Å². The second-order valence-electron chi connectivity index (χ2n) is 6.92. The van der Waals surface area contributed by atoms with Crippen LogP contribution in [0, 0.1) is 0 Å². The molecule has 0 bridgehead atoms. The molecule has 0 saturated heterocycles. The minimum absolute atomic E-state index is 0.163. The Morgan fingerprint density at radius 3 is 1.22 bits per heavy atom. The fourth-order valence-electron chi connectivity index (χ4n) is 3.09. The molecule has 6 nitrogen and oxygen atoms in total. The summed E-state index contributed by atoms with van der Waals surface area (Å²) in [5, 5.41) is 18.2. The van der Waals surface area contributed by atoms with Crippen LogP contribution in [0.5, 0.6) is 23.0 Å². The van der Waals surface area contributed by atoms with Crippen molar-refractivity contribution in [3.8, 4) is 34.1 Å². The highest BCUT2D eigenvalue weighted by Crippen LogP contribution is 2.29. The van der Waals surface area contributed by atoms with Gasteiger partial charge in [-0.2, -0.15) is 0 Å². The minimum Gasteiger partial charge on any atom is -0.478 e. The van der Waals surface area contributed by atoms with Crippen molar-refractivity contribution >= 4 is 11.9 Å². The standard InChI is InChI=1S/C26H18O6/c27-25(28)19-3-1-5-23(15-19)31-21-11-7-17(8-12-21)18-9-13-22(14-10-18)32-24-6-2-4-20(16-24)26(29)30/h1-16H,(H,27,28)(H,29,30). The third kappa shape index (κ3) is 4.94. The van der Waals surface area contributed by atoms with Crippen LogP contribution < -0.4 is 9.47 Å². The van der Waals surface area contributed by atoms with Gasteiger partial charge in [-0.25, -0.2) is 9.59 Å². The Labute approximate surface area is 183 Å². The summed E-state index contributed by atoms with van der Waals surface area (Å²) >= 11 is 0. The Hall–Kier alpha value is -4.58. The highest BCUT2D eigenvalue weighted by molar-refractivity contribution is 5.88. The van der Waals surface area contributed by atoms with Gasteiger partial charge in [-0.15, -0.1) is 0 Å². The lowest BCUT2D eigenvalue weighted by Crippen LogP contribution is -1.96.